The molecule has 6 nitrogen and oxygen atoms in total. The molecular weight excluding hydrogens is 295 g/mol. The molecule has 1 aromatic carbocycles. The number of nitrogens with two attached hydrogens (primary N) is 1. The van der Waals surface area contributed by atoms with Crippen LogP contribution in [0.5, 0.6) is 5.75 Å². The van der Waals surface area contributed by atoms with E-state index in [9.17, 15) is 9.18 Å². The second kappa shape index (κ2) is 5.95. The fourth-order valence-corrected chi connectivity index (χ4v) is 1.90. The molecule has 0 radical (unpaired) electrons. The number of carbonyl (C=O) groups excluding carboxylic acids is 1. The molecule has 21 heavy (non-hydrogen) atoms. The molecule has 2 rings (SSSR count). The Morgan fingerprint density at radius 3 is 3.05 bits per heavy atom. The van der Waals surface area contributed by atoms with Gasteiger partial charge in [0.1, 0.15) is 5.75 Å². The van der Waals surface area contributed by atoms with Crippen molar-refractivity contribution in [2.24, 2.45) is 5.84 Å². The predicted molar refractivity (Wildman–Crippen MR) is 81.3 cm³/mol. The number of nitrogens with one attached hydrogen (secondary N) is 1. The smallest absolute Gasteiger partial charge is 0.265 e. The first-order chi connectivity index (χ1) is 9.93. The largest absolute Gasteiger partial charge is 0.481 e. The van der Waals surface area contributed by atoms with E-state index in [-0.39, 0.29) is 35.6 Å². The summed E-state index contributed by atoms with van der Waals surface area (Å²) < 4.78 is 19.2. The molecule has 0 atom stereocenters. The van der Waals surface area contributed by atoms with Crippen molar-refractivity contribution in [1.82, 2.24) is 5.01 Å². The number of ether oxygens (including phenoxy) is 1. The number of fused-ring (bicyclic) bond motifs is 1. The number of benzene rings is 1. The minimum atomic E-state index is -0.576. The molecule has 0 saturated heterocycles. The number of nitrogens with zero attached hydrogens (tertiary/aromatic N) is 2. The van der Waals surface area contributed by atoms with Crippen molar-refractivity contribution in [3.8, 4) is 18.1 Å². The Morgan fingerprint density at radius 2 is 2.43 bits per heavy atom. The molecule has 0 aliphatic carbocycles. The maximum absolute atomic E-state index is 14.0. The van der Waals surface area contributed by atoms with Crippen molar-refractivity contribution in [2.45, 2.75) is 0 Å². The summed E-state index contributed by atoms with van der Waals surface area (Å²) in [6.07, 6.45) is 5.25. The summed E-state index contributed by atoms with van der Waals surface area (Å²) in [5, 5.41) is 3.91. The van der Waals surface area contributed by atoms with E-state index in [2.05, 4.69) is 11.2 Å². The van der Waals surface area contributed by atoms with Gasteiger partial charge in [0.15, 0.2) is 17.5 Å². The van der Waals surface area contributed by atoms with E-state index in [4.69, 9.17) is 29.2 Å². The fraction of sp³-hybridized carbons (Fsp3) is 0.231. The Labute approximate surface area is 126 Å². The number of carbonyl (C=O) groups is 1. The Balaban J connectivity index is 2.41. The maximum atomic E-state index is 14.0. The van der Waals surface area contributed by atoms with Crippen LogP contribution in [0.15, 0.2) is 12.1 Å². The van der Waals surface area contributed by atoms with E-state index in [1.54, 1.807) is 0 Å². The number of rotatable bonds is 2. The Morgan fingerprint density at radius 1 is 1.71 bits per heavy atom. The van der Waals surface area contributed by atoms with Crippen LogP contribution in [0.1, 0.15) is 0 Å². The first-order valence-corrected chi connectivity index (χ1v) is 6.34. The third kappa shape index (κ3) is 3.04. The van der Waals surface area contributed by atoms with E-state index in [1.807, 2.05) is 0 Å². The van der Waals surface area contributed by atoms with E-state index < -0.39 is 5.82 Å². The van der Waals surface area contributed by atoms with Gasteiger partial charge in [0.05, 0.1) is 17.9 Å². The minimum Gasteiger partial charge on any atom is -0.481 e. The van der Waals surface area contributed by atoms with E-state index >= 15 is 0 Å². The number of hydrazine groups is 1. The van der Waals surface area contributed by atoms with Crippen LogP contribution in [0.3, 0.4) is 0 Å². The summed E-state index contributed by atoms with van der Waals surface area (Å²) >= 11 is 4.96. The molecule has 0 aromatic heterocycles. The highest BCUT2D eigenvalue weighted by atomic mass is 32.1. The molecule has 0 spiro atoms. The van der Waals surface area contributed by atoms with Crippen LogP contribution in [0, 0.1) is 18.2 Å². The molecule has 1 heterocycles. The molecular formula is C13H13FN4O2S. The lowest BCUT2D eigenvalue weighted by Crippen LogP contribution is -2.39. The molecule has 110 valence electrons. The van der Waals surface area contributed by atoms with E-state index in [0.29, 0.717) is 5.69 Å². The van der Waals surface area contributed by atoms with Crippen LogP contribution in [0.25, 0.3) is 0 Å². The zero-order valence-corrected chi connectivity index (χ0v) is 12.0. The topological polar surface area (TPSA) is 70.8 Å². The van der Waals surface area contributed by atoms with Gasteiger partial charge in [-0.25, -0.2) is 10.2 Å². The Kier molecular flexibility index (Phi) is 4.26. The molecule has 1 aromatic rings. The summed E-state index contributed by atoms with van der Waals surface area (Å²) in [7, 11) is 1.52. The maximum Gasteiger partial charge on any atom is 0.265 e. The SMILES string of the molecule is C#CCN1C(=O)COc2cc(F)c(NC(=S)N(C)N)cc21. The first kappa shape index (κ1) is 15.0. The van der Waals surface area contributed by atoms with Crippen molar-refractivity contribution in [2.75, 3.05) is 30.4 Å². The lowest BCUT2D eigenvalue weighted by Gasteiger charge is -2.28. The van der Waals surface area contributed by atoms with Gasteiger partial charge in [-0.15, -0.1) is 6.42 Å². The van der Waals surface area contributed by atoms with Crippen molar-refractivity contribution >= 4 is 34.6 Å². The number of hydrogen-bond acceptors (Lipinski definition) is 4. The Hall–Kier alpha value is -2.37. The van der Waals surface area contributed by atoms with Gasteiger partial charge in [-0.05, 0) is 18.3 Å². The number of halogens is 1. The molecule has 1 aliphatic rings. The van der Waals surface area contributed by atoms with Gasteiger partial charge >= 0.3 is 0 Å². The van der Waals surface area contributed by atoms with E-state index in [0.717, 1.165) is 5.01 Å². The highest BCUT2D eigenvalue weighted by molar-refractivity contribution is 7.80. The average molecular weight is 308 g/mol. The normalized spacial score (nSPS) is 13.0. The van der Waals surface area contributed by atoms with Crippen LogP contribution in [0.2, 0.25) is 0 Å². The summed E-state index contributed by atoms with van der Waals surface area (Å²) in [5.74, 6) is 7.22. The summed E-state index contributed by atoms with van der Waals surface area (Å²) in [5.41, 5.74) is 0.465. The fourth-order valence-electron chi connectivity index (χ4n) is 1.79. The monoisotopic (exact) mass is 308 g/mol. The predicted octanol–water partition coefficient (Wildman–Crippen LogP) is 0.687. The zero-order chi connectivity index (χ0) is 15.6. The zero-order valence-electron chi connectivity index (χ0n) is 11.2. The molecule has 3 N–H and O–H groups in total. The second-order valence-electron chi connectivity index (χ2n) is 4.31. The van der Waals surface area contributed by atoms with Crippen molar-refractivity contribution in [3.63, 3.8) is 0 Å². The highest BCUT2D eigenvalue weighted by Crippen LogP contribution is 2.36. The van der Waals surface area contributed by atoms with Crippen LogP contribution in [0.4, 0.5) is 15.8 Å². The number of amides is 1. The highest BCUT2D eigenvalue weighted by Gasteiger charge is 2.26. The number of terminal acetylenes is 1. The van der Waals surface area contributed by atoms with Gasteiger partial charge < -0.3 is 10.1 Å². The number of anilines is 2. The average Bonchev–Trinajstić information content (AvgIpc) is 2.43. The quantitative estimate of drug-likeness (QED) is 0.362. The molecule has 1 aliphatic heterocycles. The van der Waals surface area contributed by atoms with E-state index in [1.165, 1.54) is 24.1 Å². The number of hydrogen-bond donors (Lipinski definition) is 2. The van der Waals surface area contributed by atoms with Gasteiger partial charge in [0.25, 0.3) is 5.91 Å². The van der Waals surface area contributed by atoms with Crippen LogP contribution in [-0.4, -0.2) is 36.2 Å². The lowest BCUT2D eigenvalue weighted by atomic mass is 10.2. The molecule has 0 unspecified atom stereocenters. The summed E-state index contributed by atoms with van der Waals surface area (Å²) in [4.78, 5) is 13.2. The standard InChI is InChI=1S/C13H13FN4O2S/c1-3-4-18-10-6-9(16-13(21)17(2)15)8(14)5-11(10)20-7-12(18)19/h1,5-6H,4,7,15H2,2H3,(H,16,21). The van der Waals surface area contributed by atoms with Gasteiger partial charge in [0, 0.05) is 13.1 Å². The van der Waals surface area contributed by atoms with Gasteiger partial charge in [-0.3, -0.25) is 14.7 Å². The van der Waals surface area contributed by atoms with Crippen LogP contribution < -0.4 is 20.8 Å². The lowest BCUT2D eigenvalue weighted by molar-refractivity contribution is -0.121. The molecule has 8 heteroatoms. The van der Waals surface area contributed by atoms with Crippen molar-refractivity contribution < 1.29 is 13.9 Å². The second-order valence-corrected chi connectivity index (χ2v) is 4.70. The third-order valence-corrected chi connectivity index (χ3v) is 3.19. The van der Waals surface area contributed by atoms with Gasteiger partial charge in [-0.1, -0.05) is 5.92 Å². The minimum absolute atomic E-state index is 0.0709. The van der Waals surface area contributed by atoms with Crippen molar-refractivity contribution in [1.29, 1.82) is 0 Å². The molecule has 0 bridgehead atoms. The molecule has 0 fully saturated rings. The van der Waals surface area contributed by atoms with Gasteiger partial charge in [0.2, 0.25) is 0 Å². The Bertz CT molecular complexity index is 642. The molecule has 0 saturated carbocycles. The summed E-state index contributed by atoms with van der Waals surface area (Å²) in [6.45, 7) is -0.105. The van der Waals surface area contributed by atoms with Gasteiger partial charge in [-0.2, -0.15) is 0 Å². The molecule has 1 amide bonds. The van der Waals surface area contributed by atoms with Crippen molar-refractivity contribution in [3.05, 3.63) is 17.9 Å². The summed E-state index contributed by atoms with van der Waals surface area (Å²) in [6, 6.07) is 2.58. The number of thiocarbonyl (C=S) groups is 1. The first-order valence-electron chi connectivity index (χ1n) is 5.93. The van der Waals surface area contributed by atoms with Crippen LogP contribution >= 0.6 is 12.2 Å². The third-order valence-electron chi connectivity index (χ3n) is 2.80. The van der Waals surface area contributed by atoms with Crippen LogP contribution in [-0.2, 0) is 4.79 Å².